The van der Waals surface area contributed by atoms with Crippen LogP contribution in [0.4, 0.5) is 10.8 Å². The summed E-state index contributed by atoms with van der Waals surface area (Å²) in [4.78, 5) is 18.6. The Morgan fingerprint density at radius 2 is 2.02 bits per heavy atom. The Balaban J connectivity index is 1.31. The predicted octanol–water partition coefficient (Wildman–Crippen LogP) is 5.01. The van der Waals surface area contributed by atoms with E-state index >= 15 is 0 Å². The van der Waals surface area contributed by atoms with Gasteiger partial charge in [-0.15, -0.1) is 11.3 Å². The number of nitriles is 1. The van der Waals surface area contributed by atoms with E-state index in [-0.39, 0.29) is 23.8 Å². The van der Waals surface area contributed by atoms with Gasteiger partial charge in [0.25, 0.3) is 0 Å². The van der Waals surface area contributed by atoms with Crippen molar-refractivity contribution in [3.8, 4) is 23.5 Å². The molecule has 1 saturated carbocycles. The molecular formula is C35H48N8O3S. The first kappa shape index (κ1) is 32.3. The summed E-state index contributed by atoms with van der Waals surface area (Å²) in [7, 11) is 6.15. The zero-order valence-electron chi connectivity index (χ0n) is 28.6. The van der Waals surface area contributed by atoms with E-state index in [1.807, 2.05) is 6.07 Å². The number of nitrogen functional groups attached to an aromatic ring is 1. The van der Waals surface area contributed by atoms with Crippen LogP contribution in [-0.4, -0.2) is 96.1 Å². The maximum absolute atomic E-state index is 10.1. The van der Waals surface area contributed by atoms with Gasteiger partial charge in [-0.05, 0) is 78.5 Å². The molecule has 1 spiro atoms. The van der Waals surface area contributed by atoms with Gasteiger partial charge in [0.05, 0.1) is 23.1 Å². The maximum Gasteiger partial charge on any atom is 0.219 e. The molecule has 3 aromatic rings. The van der Waals surface area contributed by atoms with Crippen molar-refractivity contribution in [3.63, 3.8) is 0 Å². The van der Waals surface area contributed by atoms with E-state index in [0.717, 1.165) is 87.4 Å². The lowest BCUT2D eigenvalue weighted by atomic mass is 9.69. The van der Waals surface area contributed by atoms with Gasteiger partial charge in [-0.25, -0.2) is 4.98 Å². The number of nitrogens with two attached hydrogens (primary N) is 1. The molecule has 3 fully saturated rings. The van der Waals surface area contributed by atoms with Crippen LogP contribution in [0.15, 0.2) is 10.6 Å². The summed E-state index contributed by atoms with van der Waals surface area (Å²) in [5.74, 6) is 2.70. The molecule has 0 radical (unpaired) electrons. The molecule has 0 unspecified atom stereocenters. The van der Waals surface area contributed by atoms with Crippen LogP contribution in [0.3, 0.4) is 0 Å². The number of anilines is 2. The minimum Gasteiger partial charge on any atom is -0.473 e. The van der Waals surface area contributed by atoms with Crippen molar-refractivity contribution in [1.29, 1.82) is 5.26 Å². The number of fused-ring (bicyclic) bond motifs is 1. The molecule has 0 aromatic carbocycles. The average Bonchev–Trinajstić information content (AvgIpc) is 3.35. The third kappa shape index (κ3) is 5.49. The molecule has 252 valence electrons. The highest BCUT2D eigenvalue weighted by atomic mass is 32.1. The number of aromatic nitrogens is 3. The molecule has 2 aliphatic carbocycles. The second-order valence-corrected chi connectivity index (χ2v) is 15.5. The van der Waals surface area contributed by atoms with Gasteiger partial charge in [0.2, 0.25) is 5.88 Å². The Morgan fingerprint density at radius 3 is 2.74 bits per heavy atom. The topological polar surface area (TPSA) is 130 Å². The van der Waals surface area contributed by atoms with E-state index in [0.29, 0.717) is 28.0 Å². The fourth-order valence-corrected chi connectivity index (χ4v) is 9.71. The minimum atomic E-state index is -0.522. The Bertz CT molecular complexity index is 1680. The van der Waals surface area contributed by atoms with Gasteiger partial charge < -0.3 is 24.6 Å². The van der Waals surface area contributed by atoms with Crippen molar-refractivity contribution in [2.75, 3.05) is 58.0 Å². The third-order valence-corrected chi connectivity index (χ3v) is 12.4. The second kappa shape index (κ2) is 12.3. The van der Waals surface area contributed by atoms with Crippen molar-refractivity contribution in [3.05, 3.63) is 33.4 Å². The third-order valence-electron chi connectivity index (χ3n) is 11.3. The van der Waals surface area contributed by atoms with Crippen LogP contribution in [0.2, 0.25) is 0 Å². The van der Waals surface area contributed by atoms with Crippen molar-refractivity contribution < 1.29 is 14.0 Å². The van der Waals surface area contributed by atoms with Gasteiger partial charge in [0, 0.05) is 55.3 Å². The zero-order valence-corrected chi connectivity index (χ0v) is 29.5. The van der Waals surface area contributed by atoms with E-state index in [4.69, 9.17) is 34.9 Å². The fourth-order valence-electron chi connectivity index (χ4n) is 8.52. The number of nitrogens with zero attached hydrogens (tertiary/aromatic N) is 7. The summed E-state index contributed by atoms with van der Waals surface area (Å²) in [5, 5.41) is 15.4. The van der Waals surface area contributed by atoms with Gasteiger partial charge in [-0.1, -0.05) is 18.5 Å². The highest BCUT2D eigenvalue weighted by Crippen LogP contribution is 2.51. The van der Waals surface area contributed by atoms with Crippen LogP contribution in [0.5, 0.6) is 5.88 Å². The van der Waals surface area contributed by atoms with Gasteiger partial charge in [0.15, 0.2) is 17.3 Å². The smallest absolute Gasteiger partial charge is 0.219 e. The zero-order chi connectivity index (χ0) is 33.1. The van der Waals surface area contributed by atoms with Crippen molar-refractivity contribution in [2.24, 2.45) is 0 Å². The van der Waals surface area contributed by atoms with E-state index in [1.54, 1.807) is 7.11 Å². The van der Waals surface area contributed by atoms with Crippen molar-refractivity contribution in [2.45, 2.75) is 101 Å². The molecule has 5 heterocycles. The normalized spacial score (nSPS) is 26.4. The lowest BCUT2D eigenvalue weighted by Crippen LogP contribution is -2.53. The van der Waals surface area contributed by atoms with Gasteiger partial charge in [-0.2, -0.15) is 10.2 Å². The number of likely N-dealkylation sites (N-methyl/N-ethyl adjacent to an activating group) is 2. The number of rotatable bonds is 9. The molecule has 0 amide bonds. The summed E-state index contributed by atoms with van der Waals surface area (Å²) in [6.07, 6.45) is 7.73. The van der Waals surface area contributed by atoms with Gasteiger partial charge in [-0.3, -0.25) is 9.80 Å². The molecule has 3 aromatic heterocycles. The Kier molecular flexibility index (Phi) is 8.48. The first-order chi connectivity index (χ1) is 22.6. The largest absolute Gasteiger partial charge is 0.473 e. The molecule has 2 saturated heterocycles. The quantitative estimate of drug-likeness (QED) is 0.332. The molecule has 11 nitrogen and oxygen atoms in total. The van der Waals surface area contributed by atoms with Crippen LogP contribution in [0.1, 0.15) is 86.6 Å². The lowest BCUT2D eigenvalue weighted by molar-refractivity contribution is 0.0174. The van der Waals surface area contributed by atoms with E-state index in [9.17, 15) is 5.26 Å². The van der Waals surface area contributed by atoms with Crippen molar-refractivity contribution in [1.82, 2.24) is 24.9 Å². The average molecular weight is 661 g/mol. The molecule has 7 rings (SSSR count). The number of hydrogen-bond acceptors (Lipinski definition) is 12. The summed E-state index contributed by atoms with van der Waals surface area (Å²) >= 11 is 1.53. The lowest BCUT2D eigenvalue weighted by Gasteiger charge is -2.40. The number of piperazine rings is 1. The van der Waals surface area contributed by atoms with Crippen LogP contribution in [0.25, 0.3) is 11.5 Å². The SMILES string of the molecule is CCCc1c(-c2nc(O[C@@H](C)[C@@H]3[C@@H](OC)CCN3C)cc(N3CCN(C)C4(CC4)C3)n2)noc1[C@@]1(C)CCCc2sc(N)c(C#N)c21. The molecule has 4 aliphatic rings. The number of hydrogen-bond donors (Lipinski definition) is 1. The molecule has 47 heavy (non-hydrogen) atoms. The Labute approximate surface area is 282 Å². The molecule has 12 heteroatoms. The summed E-state index contributed by atoms with van der Waals surface area (Å²) in [6, 6.07) is 4.51. The van der Waals surface area contributed by atoms with E-state index in [1.165, 1.54) is 29.1 Å². The highest BCUT2D eigenvalue weighted by molar-refractivity contribution is 7.16. The van der Waals surface area contributed by atoms with Crippen LogP contribution < -0.4 is 15.4 Å². The molecule has 4 atom stereocenters. The maximum atomic E-state index is 10.1. The number of ether oxygens (including phenoxy) is 2. The molecule has 2 N–H and O–H groups in total. The molecule has 0 bridgehead atoms. The molecular weight excluding hydrogens is 613 g/mol. The number of aryl methyl sites for hydroxylation is 1. The van der Waals surface area contributed by atoms with E-state index in [2.05, 4.69) is 55.6 Å². The Hall–Kier alpha value is -3.24. The first-order valence-electron chi connectivity index (χ1n) is 17.2. The number of methoxy groups -OCH3 is 1. The predicted molar refractivity (Wildman–Crippen MR) is 183 cm³/mol. The summed E-state index contributed by atoms with van der Waals surface area (Å²) in [5.41, 5.74) is 9.30. The Morgan fingerprint density at radius 1 is 1.21 bits per heavy atom. The fraction of sp³-hybridized carbons (Fsp3) is 0.657. The minimum absolute atomic E-state index is 0.1000. The van der Waals surface area contributed by atoms with Crippen LogP contribution >= 0.6 is 11.3 Å². The van der Waals surface area contributed by atoms with Crippen LogP contribution in [-0.2, 0) is 23.0 Å². The number of likely N-dealkylation sites (tertiary alicyclic amines) is 1. The first-order valence-corrected chi connectivity index (χ1v) is 18.0. The van der Waals surface area contributed by atoms with Crippen LogP contribution in [0, 0.1) is 11.3 Å². The highest BCUT2D eigenvalue weighted by Gasteiger charge is 2.50. The van der Waals surface area contributed by atoms with Gasteiger partial charge >= 0.3 is 0 Å². The molecule has 2 aliphatic heterocycles. The van der Waals surface area contributed by atoms with Gasteiger partial charge in [0.1, 0.15) is 23.0 Å². The van der Waals surface area contributed by atoms with Crippen molar-refractivity contribution >= 4 is 22.2 Å². The van der Waals surface area contributed by atoms with E-state index < -0.39 is 5.41 Å². The summed E-state index contributed by atoms with van der Waals surface area (Å²) in [6.45, 7) is 10.2. The second-order valence-electron chi connectivity index (χ2n) is 14.3. The number of thiophene rings is 1. The standard InChI is InChI=1S/C35H48N8O3S/c1-7-9-22-29(40-46-31(22)34(3)12-8-10-25-28(34)23(19-36)32(37)47-25)33-38-26(43-17-16-42(5)35(20-43)13-14-35)18-27(39-33)45-21(2)30-24(44-6)11-15-41(30)4/h18,21,24,30H,7-17,20,37H2,1-6H3/t21-,24-,30+,34-/m0/s1. The monoisotopic (exact) mass is 660 g/mol. The summed E-state index contributed by atoms with van der Waals surface area (Å²) < 4.78 is 18.9.